The van der Waals surface area contributed by atoms with E-state index >= 15 is 0 Å². The van der Waals surface area contributed by atoms with Crippen LogP contribution in [0, 0.1) is 11.8 Å². The molecule has 4 atom stereocenters. The number of hydrogen-bond donors (Lipinski definition) is 2. The van der Waals surface area contributed by atoms with E-state index in [0.717, 1.165) is 10.5 Å². The molecule has 0 radical (unpaired) electrons. The van der Waals surface area contributed by atoms with Gasteiger partial charge < -0.3 is 5.11 Å². The number of amides is 2. The van der Waals surface area contributed by atoms with E-state index in [1.165, 1.54) is 6.92 Å². The number of nitrogens with zero attached hydrogens (tertiary/aromatic N) is 1. The highest BCUT2D eigenvalue weighted by atomic mass is 16.4. The minimum Gasteiger partial charge on any atom is -0.480 e. The molecule has 2 amide bonds. The summed E-state index contributed by atoms with van der Waals surface area (Å²) in [5.41, 5.74) is 0.253. The van der Waals surface area contributed by atoms with Gasteiger partial charge in [0.15, 0.2) is 11.3 Å². The molecule has 2 fully saturated rings. The van der Waals surface area contributed by atoms with E-state index in [-0.39, 0.29) is 5.78 Å². The van der Waals surface area contributed by atoms with E-state index in [2.05, 4.69) is 5.32 Å². The fourth-order valence-electron chi connectivity index (χ4n) is 5.28. The number of imide groups is 1. The SMILES string of the molecule is CC(=O)c1ccc(N2C(=O)C3C(C=Cc4ccccc4)NC(C(=O)O)(c4ccccc4)C3C2=O)cc1. The molecule has 0 spiro atoms. The fourth-order valence-corrected chi connectivity index (χ4v) is 5.28. The van der Waals surface area contributed by atoms with Gasteiger partial charge in [0.2, 0.25) is 11.8 Å². The Balaban J connectivity index is 1.62. The summed E-state index contributed by atoms with van der Waals surface area (Å²) in [6.07, 6.45) is 3.58. The average molecular weight is 481 g/mol. The largest absolute Gasteiger partial charge is 0.480 e. The Morgan fingerprint density at radius 3 is 2.08 bits per heavy atom. The van der Waals surface area contributed by atoms with Crippen LogP contribution >= 0.6 is 0 Å². The van der Waals surface area contributed by atoms with Crippen molar-refractivity contribution < 1.29 is 24.3 Å². The van der Waals surface area contributed by atoms with Crippen molar-refractivity contribution in [1.29, 1.82) is 0 Å². The van der Waals surface area contributed by atoms with Crippen molar-refractivity contribution in [1.82, 2.24) is 5.32 Å². The number of hydrogen-bond acceptors (Lipinski definition) is 5. The molecule has 2 saturated heterocycles. The number of ketones is 1. The average Bonchev–Trinajstić information content (AvgIpc) is 3.38. The minimum absolute atomic E-state index is 0.137. The third kappa shape index (κ3) is 3.65. The van der Waals surface area contributed by atoms with Crippen LogP contribution in [0.25, 0.3) is 6.08 Å². The van der Waals surface area contributed by atoms with Crippen molar-refractivity contribution in [2.24, 2.45) is 11.8 Å². The molecule has 0 saturated carbocycles. The van der Waals surface area contributed by atoms with Crippen molar-refractivity contribution in [2.75, 3.05) is 4.90 Å². The zero-order valence-corrected chi connectivity index (χ0v) is 19.5. The highest BCUT2D eigenvalue weighted by molar-refractivity contribution is 6.24. The van der Waals surface area contributed by atoms with Crippen molar-refractivity contribution in [3.05, 3.63) is 108 Å². The number of aliphatic carboxylic acids is 1. The second-order valence-electron chi connectivity index (χ2n) is 9.04. The molecule has 3 aromatic rings. The normalized spacial score (nSPS) is 25.4. The Morgan fingerprint density at radius 2 is 1.50 bits per heavy atom. The second-order valence-corrected chi connectivity index (χ2v) is 9.04. The maximum absolute atomic E-state index is 13.8. The molecule has 5 rings (SSSR count). The Hall–Kier alpha value is -4.36. The number of anilines is 1. The van der Waals surface area contributed by atoms with Crippen LogP contribution in [0.4, 0.5) is 5.69 Å². The summed E-state index contributed by atoms with van der Waals surface area (Å²) in [7, 11) is 0. The van der Waals surface area contributed by atoms with Crippen molar-refractivity contribution in [3.8, 4) is 0 Å². The van der Waals surface area contributed by atoms with Gasteiger partial charge in [0.05, 0.1) is 17.5 Å². The molecular formula is C29H24N2O5. The molecule has 0 bridgehead atoms. The van der Waals surface area contributed by atoms with Crippen LogP contribution in [0.1, 0.15) is 28.4 Å². The zero-order chi connectivity index (χ0) is 25.4. The Morgan fingerprint density at radius 1 is 0.889 bits per heavy atom. The lowest BCUT2D eigenvalue weighted by molar-refractivity contribution is -0.149. The molecular weight excluding hydrogens is 456 g/mol. The zero-order valence-electron chi connectivity index (χ0n) is 19.5. The first-order chi connectivity index (χ1) is 17.3. The van der Waals surface area contributed by atoms with Crippen LogP contribution in [0.15, 0.2) is 91.0 Å². The maximum atomic E-state index is 13.8. The summed E-state index contributed by atoms with van der Waals surface area (Å²) in [5.74, 6) is -4.52. The number of fused-ring (bicyclic) bond motifs is 1. The number of nitrogens with one attached hydrogen (secondary N) is 1. The molecule has 0 aromatic heterocycles. The lowest BCUT2D eigenvalue weighted by atomic mass is 9.76. The number of carbonyl (C=O) groups is 4. The predicted octanol–water partition coefficient (Wildman–Crippen LogP) is 3.66. The van der Waals surface area contributed by atoms with Gasteiger partial charge in [-0.05, 0) is 42.3 Å². The summed E-state index contributed by atoms with van der Waals surface area (Å²) in [6, 6.07) is 23.4. The van der Waals surface area contributed by atoms with Gasteiger partial charge in [-0.25, -0.2) is 9.69 Å². The summed E-state index contributed by atoms with van der Waals surface area (Å²) in [5, 5.41) is 13.7. The molecule has 2 heterocycles. The first-order valence-electron chi connectivity index (χ1n) is 11.6. The molecule has 2 N–H and O–H groups in total. The number of carboxylic acids is 1. The monoisotopic (exact) mass is 480 g/mol. The molecule has 7 heteroatoms. The molecule has 2 aliphatic rings. The lowest BCUT2D eigenvalue weighted by Gasteiger charge is -2.31. The molecule has 4 unspecified atom stereocenters. The molecule has 2 aliphatic heterocycles. The van der Waals surface area contributed by atoms with Gasteiger partial charge in [0.25, 0.3) is 0 Å². The van der Waals surface area contributed by atoms with Crippen LogP contribution in [0.2, 0.25) is 0 Å². The van der Waals surface area contributed by atoms with Crippen LogP contribution < -0.4 is 10.2 Å². The van der Waals surface area contributed by atoms with Crippen molar-refractivity contribution in [2.45, 2.75) is 18.5 Å². The maximum Gasteiger partial charge on any atom is 0.329 e. The number of Topliss-reactive ketones (excluding diaryl/α,β-unsaturated/α-hetero) is 1. The van der Waals surface area contributed by atoms with Crippen LogP contribution in [0.3, 0.4) is 0 Å². The highest BCUT2D eigenvalue weighted by Crippen LogP contribution is 2.49. The molecule has 0 aliphatic carbocycles. The highest BCUT2D eigenvalue weighted by Gasteiger charge is 2.68. The predicted molar refractivity (Wildman–Crippen MR) is 134 cm³/mol. The Labute approximate surface area is 208 Å². The third-order valence-electron chi connectivity index (χ3n) is 6.99. The molecule has 36 heavy (non-hydrogen) atoms. The quantitative estimate of drug-likeness (QED) is 0.412. The topological polar surface area (TPSA) is 104 Å². The Bertz CT molecular complexity index is 1370. The van der Waals surface area contributed by atoms with E-state index < -0.39 is 41.2 Å². The molecule has 7 nitrogen and oxygen atoms in total. The number of benzene rings is 3. The van der Waals surface area contributed by atoms with E-state index in [0.29, 0.717) is 16.8 Å². The summed E-state index contributed by atoms with van der Waals surface area (Å²) >= 11 is 0. The number of carbonyl (C=O) groups excluding carboxylic acids is 3. The standard InChI is InChI=1S/C29H24N2O5/c1-18(32)20-13-15-22(16-14-20)31-26(33)24-23(17-12-19-8-4-2-5-9-19)30-29(28(35)36,25(24)27(31)34)21-10-6-3-7-11-21/h2-17,23-25,30H,1H3,(H,35,36). The van der Waals surface area contributed by atoms with Gasteiger partial charge >= 0.3 is 5.97 Å². The first-order valence-corrected chi connectivity index (χ1v) is 11.6. The van der Waals surface area contributed by atoms with E-state index in [9.17, 15) is 24.3 Å². The smallest absolute Gasteiger partial charge is 0.329 e. The minimum atomic E-state index is -1.79. The van der Waals surface area contributed by atoms with Gasteiger partial charge in [0.1, 0.15) is 0 Å². The van der Waals surface area contributed by atoms with Gasteiger partial charge in [-0.15, -0.1) is 0 Å². The number of carboxylic acid groups (broad SMARTS) is 1. The van der Waals surface area contributed by atoms with E-state index in [4.69, 9.17) is 0 Å². The van der Waals surface area contributed by atoms with E-state index in [1.807, 2.05) is 36.4 Å². The number of rotatable bonds is 6. The van der Waals surface area contributed by atoms with Crippen molar-refractivity contribution >= 4 is 35.3 Å². The lowest BCUT2D eigenvalue weighted by Crippen LogP contribution is -2.54. The van der Waals surface area contributed by atoms with E-state index in [1.54, 1.807) is 60.7 Å². The first kappa shape index (κ1) is 23.4. The van der Waals surface area contributed by atoms with Gasteiger partial charge in [-0.1, -0.05) is 72.8 Å². The van der Waals surface area contributed by atoms with Crippen molar-refractivity contribution in [3.63, 3.8) is 0 Å². The van der Waals surface area contributed by atoms with Gasteiger partial charge in [-0.3, -0.25) is 19.7 Å². The van der Waals surface area contributed by atoms with Gasteiger partial charge in [0, 0.05) is 11.6 Å². The molecule has 180 valence electrons. The summed E-state index contributed by atoms with van der Waals surface area (Å²) in [6.45, 7) is 1.43. The van der Waals surface area contributed by atoms with Gasteiger partial charge in [-0.2, -0.15) is 0 Å². The summed E-state index contributed by atoms with van der Waals surface area (Å²) in [4.78, 5) is 53.2. The van der Waals surface area contributed by atoms with Crippen LogP contribution in [-0.2, 0) is 19.9 Å². The fraction of sp³-hybridized carbons (Fsp3) is 0.172. The van der Waals surface area contributed by atoms with Crippen LogP contribution in [0.5, 0.6) is 0 Å². The third-order valence-corrected chi connectivity index (χ3v) is 6.99. The second kappa shape index (κ2) is 9.02. The summed E-state index contributed by atoms with van der Waals surface area (Å²) < 4.78 is 0. The van der Waals surface area contributed by atoms with Crippen LogP contribution in [-0.4, -0.2) is 34.7 Å². The molecule has 3 aromatic carbocycles. The Kier molecular flexibility index (Phi) is 5.86.